The number of carbonyl (C=O) groups is 1. The number of amides is 1. The largest absolute Gasteiger partial charge is 0.507 e. The maximum atomic E-state index is 12.7. The third-order valence-corrected chi connectivity index (χ3v) is 5.40. The highest BCUT2D eigenvalue weighted by Crippen LogP contribution is 2.37. The van der Waals surface area contributed by atoms with Crippen LogP contribution < -0.4 is 10.1 Å². The highest BCUT2D eigenvalue weighted by atomic mass is 35.5. The first-order valence-electron chi connectivity index (χ1n) is 8.26. The Bertz CT molecular complexity index is 971. The van der Waals surface area contributed by atoms with Crippen molar-refractivity contribution >= 4 is 34.0 Å². The predicted molar refractivity (Wildman–Crippen MR) is 105 cm³/mol. The second-order valence-corrected chi connectivity index (χ2v) is 9.01. The summed E-state index contributed by atoms with van der Waals surface area (Å²) in [5.74, 6) is -0.639. The molecule has 1 atom stereocenters. The number of ether oxygens (including phenoxy) is 1. The zero-order chi connectivity index (χ0) is 22.1. The molecule has 29 heavy (non-hydrogen) atoms. The number of phenols is 1. The molecule has 0 saturated carbocycles. The van der Waals surface area contributed by atoms with Crippen molar-refractivity contribution < 1.29 is 32.0 Å². The van der Waals surface area contributed by atoms with Crippen LogP contribution in [0.4, 0.5) is 18.9 Å². The summed E-state index contributed by atoms with van der Waals surface area (Å²) in [4.78, 5) is 12.1. The molecule has 2 N–H and O–H groups in total. The summed E-state index contributed by atoms with van der Waals surface area (Å²) in [5.41, 5.74) is -5.03. The fraction of sp³-hybridized carbons (Fsp3) is 0.316. The molecule has 0 aliphatic heterocycles. The number of halogens is 4. The summed E-state index contributed by atoms with van der Waals surface area (Å²) in [5, 5.41) is 12.8. The van der Waals surface area contributed by atoms with E-state index in [-0.39, 0.29) is 22.0 Å². The van der Waals surface area contributed by atoms with E-state index in [1.807, 2.05) is 20.8 Å². The Kier molecular flexibility index (Phi) is 6.54. The minimum absolute atomic E-state index is 0.000815. The van der Waals surface area contributed by atoms with Gasteiger partial charge in [-0.15, -0.1) is 0 Å². The van der Waals surface area contributed by atoms with Gasteiger partial charge in [0.25, 0.3) is 5.91 Å². The Balaban J connectivity index is 2.39. The van der Waals surface area contributed by atoms with E-state index in [9.17, 15) is 27.3 Å². The molecule has 0 aliphatic rings. The maximum Gasteiger partial charge on any atom is 0.475 e. The lowest BCUT2D eigenvalue weighted by atomic mass is 9.85. The number of carbonyl (C=O) groups excluding carboxylic acids is 1. The molecule has 0 fully saturated rings. The number of nitrogens with one attached hydrogen (secondary N) is 1. The third-order valence-electron chi connectivity index (χ3n) is 3.98. The molecule has 10 heteroatoms. The minimum atomic E-state index is -4.93. The van der Waals surface area contributed by atoms with Crippen molar-refractivity contribution in [2.75, 3.05) is 12.4 Å². The molecule has 0 aliphatic carbocycles. The van der Waals surface area contributed by atoms with Crippen LogP contribution in [0.5, 0.6) is 11.5 Å². The summed E-state index contributed by atoms with van der Waals surface area (Å²) in [6.07, 6.45) is 0. The van der Waals surface area contributed by atoms with Crippen molar-refractivity contribution in [1.82, 2.24) is 0 Å². The number of anilines is 1. The Morgan fingerprint density at radius 3 is 2.28 bits per heavy atom. The molecule has 2 aromatic rings. The van der Waals surface area contributed by atoms with E-state index in [0.29, 0.717) is 11.3 Å². The van der Waals surface area contributed by atoms with Crippen molar-refractivity contribution in [3.8, 4) is 11.5 Å². The van der Waals surface area contributed by atoms with Gasteiger partial charge in [0.05, 0.1) is 23.4 Å². The maximum absolute atomic E-state index is 12.7. The fourth-order valence-corrected chi connectivity index (χ4v) is 3.48. The standard InChI is InChI=1S/C19H19ClF3NO4S/c1-18(2,3)13-8-10(28-4)7-12(16(13)25)17(26)24-15-6-5-11(9-14(15)20)29(27)19(21,22)23/h5-9,25H,1-4H3,(H,24,26). The van der Waals surface area contributed by atoms with E-state index in [1.165, 1.54) is 13.2 Å². The van der Waals surface area contributed by atoms with Gasteiger partial charge in [0, 0.05) is 10.5 Å². The Morgan fingerprint density at radius 2 is 1.79 bits per heavy atom. The van der Waals surface area contributed by atoms with Gasteiger partial charge in [-0.1, -0.05) is 32.4 Å². The van der Waals surface area contributed by atoms with E-state index in [2.05, 4.69) is 5.32 Å². The van der Waals surface area contributed by atoms with Crippen LogP contribution in [0, 0.1) is 0 Å². The molecule has 2 aromatic carbocycles. The van der Waals surface area contributed by atoms with Crippen LogP contribution in [-0.2, 0) is 16.2 Å². The summed E-state index contributed by atoms with van der Waals surface area (Å²) in [6.45, 7) is 5.54. The molecule has 0 saturated heterocycles. The lowest BCUT2D eigenvalue weighted by Crippen LogP contribution is -2.18. The van der Waals surface area contributed by atoms with Gasteiger partial charge in [-0.25, -0.2) is 4.21 Å². The fourth-order valence-electron chi connectivity index (χ4n) is 2.51. The molecular formula is C19H19ClF3NO4S. The first-order valence-corrected chi connectivity index (χ1v) is 9.79. The average Bonchev–Trinajstić information content (AvgIpc) is 2.61. The summed E-state index contributed by atoms with van der Waals surface area (Å²) in [6, 6.07) is 5.88. The van der Waals surface area contributed by atoms with Crippen molar-refractivity contribution in [1.29, 1.82) is 0 Å². The first-order chi connectivity index (χ1) is 13.3. The van der Waals surface area contributed by atoms with Crippen LogP contribution in [0.15, 0.2) is 35.2 Å². The lowest BCUT2D eigenvalue weighted by Gasteiger charge is -2.23. The molecule has 0 radical (unpaired) electrons. The number of aromatic hydroxyl groups is 1. The van der Waals surface area contributed by atoms with Gasteiger partial charge in [0.2, 0.25) is 0 Å². The first kappa shape index (κ1) is 23.0. The SMILES string of the molecule is COc1cc(C(=O)Nc2ccc(S(=O)C(F)(F)F)cc2Cl)c(O)c(C(C)(C)C)c1. The zero-order valence-electron chi connectivity index (χ0n) is 16.0. The van der Waals surface area contributed by atoms with Crippen LogP contribution in [-0.4, -0.2) is 27.8 Å². The van der Waals surface area contributed by atoms with Gasteiger partial charge < -0.3 is 15.2 Å². The summed E-state index contributed by atoms with van der Waals surface area (Å²) in [7, 11) is -1.83. The molecule has 1 amide bonds. The zero-order valence-corrected chi connectivity index (χ0v) is 17.6. The predicted octanol–water partition coefficient (Wildman–Crippen LogP) is 5.23. The van der Waals surface area contributed by atoms with Crippen molar-refractivity contribution in [3.05, 3.63) is 46.5 Å². The van der Waals surface area contributed by atoms with Gasteiger partial charge in [0.1, 0.15) is 11.5 Å². The van der Waals surface area contributed by atoms with E-state index in [4.69, 9.17) is 16.3 Å². The number of rotatable bonds is 4. The normalized spacial score (nSPS) is 13.1. The Morgan fingerprint density at radius 1 is 1.17 bits per heavy atom. The monoisotopic (exact) mass is 449 g/mol. The molecule has 0 heterocycles. The van der Waals surface area contributed by atoms with Crippen molar-refractivity contribution in [2.45, 2.75) is 36.6 Å². The average molecular weight is 450 g/mol. The van der Waals surface area contributed by atoms with Gasteiger partial charge in [0.15, 0.2) is 10.8 Å². The topological polar surface area (TPSA) is 75.6 Å². The number of methoxy groups -OCH3 is 1. The molecule has 0 bridgehead atoms. The number of phenolic OH excluding ortho intramolecular Hbond substituents is 1. The molecule has 158 valence electrons. The lowest BCUT2D eigenvalue weighted by molar-refractivity contribution is -0.0384. The van der Waals surface area contributed by atoms with Gasteiger partial charge in [-0.3, -0.25) is 4.79 Å². The van der Waals surface area contributed by atoms with Crippen LogP contribution in [0.2, 0.25) is 5.02 Å². The van der Waals surface area contributed by atoms with Crippen molar-refractivity contribution in [3.63, 3.8) is 0 Å². The number of alkyl halides is 3. The highest BCUT2D eigenvalue weighted by molar-refractivity contribution is 7.86. The van der Waals surface area contributed by atoms with E-state index in [1.54, 1.807) is 6.07 Å². The van der Waals surface area contributed by atoms with E-state index >= 15 is 0 Å². The molecule has 5 nitrogen and oxygen atoms in total. The smallest absolute Gasteiger partial charge is 0.475 e. The van der Waals surface area contributed by atoms with Gasteiger partial charge >= 0.3 is 5.51 Å². The molecule has 0 spiro atoms. The Hall–Kier alpha value is -2.26. The second kappa shape index (κ2) is 8.23. The third kappa shape index (κ3) is 5.22. The van der Waals surface area contributed by atoms with Crippen molar-refractivity contribution in [2.24, 2.45) is 0 Å². The van der Waals surface area contributed by atoms with Crippen LogP contribution >= 0.6 is 11.6 Å². The number of benzene rings is 2. The molecule has 2 rings (SSSR count). The summed E-state index contributed by atoms with van der Waals surface area (Å²) < 4.78 is 54.4. The van der Waals surface area contributed by atoms with Crippen LogP contribution in [0.1, 0.15) is 36.7 Å². The summed E-state index contributed by atoms with van der Waals surface area (Å²) >= 11 is 5.95. The van der Waals surface area contributed by atoms with E-state index in [0.717, 1.165) is 18.2 Å². The quantitative estimate of drug-likeness (QED) is 0.670. The Labute approximate surface area is 173 Å². The minimum Gasteiger partial charge on any atom is -0.507 e. The van der Waals surface area contributed by atoms with Gasteiger partial charge in [-0.2, -0.15) is 13.2 Å². The van der Waals surface area contributed by atoms with Crippen LogP contribution in [0.25, 0.3) is 0 Å². The van der Waals surface area contributed by atoms with Gasteiger partial charge in [-0.05, 0) is 35.7 Å². The van der Waals surface area contributed by atoms with E-state index < -0.39 is 32.5 Å². The number of hydrogen-bond donors (Lipinski definition) is 2. The number of hydrogen-bond acceptors (Lipinski definition) is 4. The van der Waals surface area contributed by atoms with Crippen LogP contribution in [0.3, 0.4) is 0 Å². The molecule has 0 aromatic heterocycles. The highest BCUT2D eigenvalue weighted by Gasteiger charge is 2.38. The molecular weight excluding hydrogens is 431 g/mol. The molecule has 1 unspecified atom stereocenters. The second-order valence-electron chi connectivity index (χ2n) is 7.13.